The average Bonchev–Trinajstić information content (AvgIpc) is 2.12. The van der Waals surface area contributed by atoms with Gasteiger partial charge in [-0.15, -0.1) is 0 Å². The maximum atomic E-state index is 11.5. The maximum absolute atomic E-state index is 11.5. The summed E-state index contributed by atoms with van der Waals surface area (Å²) in [5.41, 5.74) is -1.12. The number of hydrogen-bond donors (Lipinski definition) is 1. The average molecular weight is 186 g/mol. The lowest BCUT2D eigenvalue weighted by Gasteiger charge is -2.25. The third-order valence-electron chi connectivity index (χ3n) is 2.54. The normalized spacial score (nSPS) is 15.0. The molecule has 3 nitrogen and oxygen atoms in total. The third kappa shape index (κ3) is 2.29. The molecule has 0 aliphatic carbocycles. The number of carboxylic acids is 1. The summed E-state index contributed by atoms with van der Waals surface area (Å²) in [6, 6.07) is 0. The van der Waals surface area contributed by atoms with E-state index in [4.69, 9.17) is 5.11 Å². The maximum Gasteiger partial charge on any atom is 0.317 e. The second-order valence-corrected chi connectivity index (χ2v) is 3.27. The van der Waals surface area contributed by atoms with Gasteiger partial charge in [0.1, 0.15) is 11.2 Å². The Labute approximate surface area is 79.1 Å². The molecule has 1 unspecified atom stereocenters. The Morgan fingerprint density at radius 3 is 2.00 bits per heavy atom. The largest absolute Gasteiger partial charge is 0.480 e. The summed E-state index contributed by atoms with van der Waals surface area (Å²) >= 11 is 0. The van der Waals surface area contributed by atoms with E-state index in [2.05, 4.69) is 0 Å². The Balaban J connectivity index is 4.85. The molecule has 0 radical (unpaired) electrons. The van der Waals surface area contributed by atoms with Crippen LogP contribution < -0.4 is 0 Å². The molecule has 0 aliphatic heterocycles. The third-order valence-corrected chi connectivity index (χ3v) is 2.54. The second kappa shape index (κ2) is 5.00. The van der Waals surface area contributed by atoms with Crippen molar-refractivity contribution in [1.29, 1.82) is 0 Å². The number of carboxylic acid groups (broad SMARTS) is 1. The van der Waals surface area contributed by atoms with Crippen molar-refractivity contribution in [2.24, 2.45) is 5.41 Å². The molecule has 1 atom stereocenters. The van der Waals surface area contributed by atoms with E-state index < -0.39 is 11.4 Å². The zero-order valence-corrected chi connectivity index (χ0v) is 8.59. The number of carbonyl (C=O) groups is 2. The zero-order valence-electron chi connectivity index (χ0n) is 8.59. The van der Waals surface area contributed by atoms with Crippen LogP contribution in [-0.4, -0.2) is 16.9 Å². The fourth-order valence-electron chi connectivity index (χ4n) is 1.66. The van der Waals surface area contributed by atoms with Gasteiger partial charge in [0.15, 0.2) is 0 Å². The molecule has 0 aromatic carbocycles. The van der Waals surface area contributed by atoms with Crippen molar-refractivity contribution in [3.8, 4) is 0 Å². The standard InChI is InChI=1S/C10H18O3/c1-4-7-10(6-3,9(12)13)8(11)5-2/h4-7H2,1-3H3,(H,12,13). The van der Waals surface area contributed by atoms with Crippen LogP contribution in [0.25, 0.3) is 0 Å². The Hall–Kier alpha value is -0.860. The van der Waals surface area contributed by atoms with Gasteiger partial charge in [-0.1, -0.05) is 27.2 Å². The van der Waals surface area contributed by atoms with E-state index in [0.717, 1.165) is 6.42 Å². The van der Waals surface area contributed by atoms with E-state index in [-0.39, 0.29) is 5.78 Å². The minimum absolute atomic E-state index is 0.149. The molecule has 13 heavy (non-hydrogen) atoms. The summed E-state index contributed by atoms with van der Waals surface area (Å²) in [7, 11) is 0. The molecule has 3 heteroatoms. The van der Waals surface area contributed by atoms with Crippen LogP contribution in [-0.2, 0) is 9.59 Å². The number of ketones is 1. The molecule has 0 aromatic heterocycles. The van der Waals surface area contributed by atoms with Crippen molar-refractivity contribution in [3.63, 3.8) is 0 Å². The molecule has 0 bridgehead atoms. The predicted molar refractivity (Wildman–Crippen MR) is 50.6 cm³/mol. The van der Waals surface area contributed by atoms with Gasteiger partial charge in [0.2, 0.25) is 0 Å². The lowest BCUT2D eigenvalue weighted by atomic mass is 9.76. The van der Waals surface area contributed by atoms with Crippen LogP contribution in [0.3, 0.4) is 0 Å². The highest BCUT2D eigenvalue weighted by Crippen LogP contribution is 2.30. The van der Waals surface area contributed by atoms with Gasteiger partial charge in [0.05, 0.1) is 0 Å². The lowest BCUT2D eigenvalue weighted by Crippen LogP contribution is -2.38. The highest BCUT2D eigenvalue weighted by molar-refractivity contribution is 6.02. The monoisotopic (exact) mass is 186 g/mol. The summed E-state index contributed by atoms with van der Waals surface area (Å²) < 4.78 is 0. The van der Waals surface area contributed by atoms with Crippen molar-refractivity contribution in [3.05, 3.63) is 0 Å². The molecule has 0 fully saturated rings. The van der Waals surface area contributed by atoms with E-state index in [1.807, 2.05) is 6.92 Å². The van der Waals surface area contributed by atoms with Crippen LogP contribution in [0, 0.1) is 5.41 Å². The molecular formula is C10H18O3. The fourth-order valence-corrected chi connectivity index (χ4v) is 1.66. The number of hydrogen-bond acceptors (Lipinski definition) is 2. The van der Waals surface area contributed by atoms with Gasteiger partial charge in [-0.2, -0.15) is 0 Å². The minimum Gasteiger partial charge on any atom is -0.480 e. The Kier molecular flexibility index (Phi) is 4.67. The molecule has 0 rings (SSSR count). The van der Waals surface area contributed by atoms with Crippen LogP contribution in [0.5, 0.6) is 0 Å². The molecule has 76 valence electrons. The van der Waals surface area contributed by atoms with Gasteiger partial charge in [-0.3, -0.25) is 9.59 Å². The van der Waals surface area contributed by atoms with Crippen molar-refractivity contribution < 1.29 is 14.7 Å². The Bertz CT molecular complexity index is 198. The van der Waals surface area contributed by atoms with E-state index in [1.165, 1.54) is 0 Å². The Morgan fingerprint density at radius 1 is 1.23 bits per heavy atom. The molecule has 0 heterocycles. The van der Waals surface area contributed by atoms with Crippen molar-refractivity contribution in [2.45, 2.75) is 46.5 Å². The smallest absolute Gasteiger partial charge is 0.317 e. The summed E-state index contributed by atoms with van der Waals surface area (Å²) in [5, 5.41) is 9.04. The van der Waals surface area contributed by atoms with Gasteiger partial charge in [-0.05, 0) is 12.8 Å². The first kappa shape index (κ1) is 12.1. The van der Waals surface area contributed by atoms with Gasteiger partial charge in [-0.25, -0.2) is 0 Å². The molecule has 0 spiro atoms. The van der Waals surface area contributed by atoms with Gasteiger partial charge in [0.25, 0.3) is 0 Å². The first-order valence-electron chi connectivity index (χ1n) is 4.81. The second-order valence-electron chi connectivity index (χ2n) is 3.27. The molecule has 0 saturated heterocycles. The SMILES string of the molecule is CCCC(CC)(C(=O)O)C(=O)CC. The van der Waals surface area contributed by atoms with Crippen LogP contribution >= 0.6 is 0 Å². The summed E-state index contributed by atoms with van der Waals surface area (Å²) in [4.78, 5) is 22.5. The van der Waals surface area contributed by atoms with Crippen LogP contribution in [0.2, 0.25) is 0 Å². The number of Topliss-reactive ketones (excluding diaryl/α,β-unsaturated/α-hetero) is 1. The highest BCUT2D eigenvalue weighted by Gasteiger charge is 2.41. The highest BCUT2D eigenvalue weighted by atomic mass is 16.4. The van der Waals surface area contributed by atoms with E-state index >= 15 is 0 Å². The minimum atomic E-state index is -1.12. The van der Waals surface area contributed by atoms with E-state index in [9.17, 15) is 9.59 Å². The lowest BCUT2D eigenvalue weighted by molar-refractivity contribution is -0.155. The van der Waals surface area contributed by atoms with E-state index in [1.54, 1.807) is 13.8 Å². The summed E-state index contributed by atoms with van der Waals surface area (Å²) in [5.74, 6) is -1.12. The van der Waals surface area contributed by atoms with Crippen LogP contribution in [0.4, 0.5) is 0 Å². The zero-order chi connectivity index (χ0) is 10.5. The van der Waals surface area contributed by atoms with Crippen LogP contribution in [0.15, 0.2) is 0 Å². The number of rotatable bonds is 6. The summed E-state index contributed by atoms with van der Waals surface area (Å²) in [6.45, 7) is 5.37. The molecular weight excluding hydrogens is 168 g/mol. The van der Waals surface area contributed by atoms with Crippen LogP contribution in [0.1, 0.15) is 46.5 Å². The Morgan fingerprint density at radius 2 is 1.77 bits per heavy atom. The first-order valence-corrected chi connectivity index (χ1v) is 4.81. The molecule has 0 saturated carbocycles. The van der Waals surface area contributed by atoms with Crippen molar-refractivity contribution in [1.82, 2.24) is 0 Å². The fraction of sp³-hybridized carbons (Fsp3) is 0.800. The number of carbonyl (C=O) groups excluding carboxylic acids is 1. The molecule has 0 aliphatic rings. The molecule has 0 amide bonds. The van der Waals surface area contributed by atoms with Gasteiger partial charge < -0.3 is 5.11 Å². The molecule has 1 N–H and O–H groups in total. The summed E-state index contributed by atoms with van der Waals surface area (Å²) in [6.07, 6.45) is 1.88. The van der Waals surface area contributed by atoms with Gasteiger partial charge in [0, 0.05) is 6.42 Å². The van der Waals surface area contributed by atoms with E-state index in [0.29, 0.717) is 19.3 Å². The first-order chi connectivity index (χ1) is 6.05. The van der Waals surface area contributed by atoms with Gasteiger partial charge >= 0.3 is 5.97 Å². The van der Waals surface area contributed by atoms with Crippen molar-refractivity contribution in [2.75, 3.05) is 0 Å². The predicted octanol–water partition coefficient (Wildman–Crippen LogP) is 2.25. The quantitative estimate of drug-likeness (QED) is 0.647. The number of aliphatic carboxylic acids is 1. The van der Waals surface area contributed by atoms with Crippen molar-refractivity contribution >= 4 is 11.8 Å². The molecule has 0 aromatic rings. The topological polar surface area (TPSA) is 54.4 Å².